The lowest BCUT2D eigenvalue weighted by Gasteiger charge is -2.25. The van der Waals surface area contributed by atoms with Crippen molar-refractivity contribution in [2.24, 2.45) is 11.7 Å². The minimum absolute atomic E-state index is 0.0366. The lowest BCUT2D eigenvalue weighted by molar-refractivity contribution is -0.146. The summed E-state index contributed by atoms with van der Waals surface area (Å²) < 4.78 is 0. The van der Waals surface area contributed by atoms with Crippen LogP contribution in [0.1, 0.15) is 27.2 Å². The Morgan fingerprint density at radius 2 is 1.87 bits per heavy atom. The highest BCUT2D eigenvalue weighted by Crippen LogP contribution is 2.09. The molecule has 6 heteroatoms. The van der Waals surface area contributed by atoms with Crippen LogP contribution in [-0.2, 0) is 14.4 Å². The first-order valence-electron chi connectivity index (χ1n) is 4.49. The van der Waals surface area contributed by atoms with Crippen molar-refractivity contribution in [3.63, 3.8) is 0 Å². The summed E-state index contributed by atoms with van der Waals surface area (Å²) in [5.41, 5.74) is 4.16. The number of nitrogens with one attached hydrogen (secondary N) is 1. The Morgan fingerprint density at radius 1 is 1.40 bits per heavy atom. The van der Waals surface area contributed by atoms with Gasteiger partial charge in [-0.1, -0.05) is 0 Å². The van der Waals surface area contributed by atoms with Gasteiger partial charge in [0.2, 0.25) is 11.8 Å². The first kappa shape index (κ1) is 13.4. The van der Waals surface area contributed by atoms with Crippen LogP contribution >= 0.6 is 0 Å². The molecule has 2 amide bonds. The molecule has 0 aliphatic rings. The van der Waals surface area contributed by atoms with Crippen LogP contribution in [0.5, 0.6) is 0 Å². The van der Waals surface area contributed by atoms with E-state index in [0.717, 1.165) is 0 Å². The molecule has 0 heterocycles. The number of primary amides is 1. The van der Waals surface area contributed by atoms with Crippen molar-refractivity contribution in [3.05, 3.63) is 0 Å². The molecule has 0 aliphatic heterocycles. The third kappa shape index (κ3) is 4.99. The summed E-state index contributed by atoms with van der Waals surface area (Å²) in [6.45, 7) is 4.48. The molecule has 0 fully saturated rings. The fourth-order valence-electron chi connectivity index (χ4n) is 1.03. The van der Waals surface area contributed by atoms with Gasteiger partial charge in [-0.3, -0.25) is 14.4 Å². The van der Waals surface area contributed by atoms with Crippen molar-refractivity contribution < 1.29 is 19.5 Å². The van der Waals surface area contributed by atoms with Crippen molar-refractivity contribution in [1.29, 1.82) is 0 Å². The van der Waals surface area contributed by atoms with E-state index in [1.165, 1.54) is 6.92 Å². The smallest absolute Gasteiger partial charge is 0.315 e. The summed E-state index contributed by atoms with van der Waals surface area (Å²) in [6, 6.07) is 0. The van der Waals surface area contributed by atoms with E-state index in [9.17, 15) is 14.4 Å². The lowest BCUT2D eigenvalue weighted by Crippen LogP contribution is -2.49. The molecule has 0 aromatic carbocycles. The molecular weight excluding hydrogens is 200 g/mol. The van der Waals surface area contributed by atoms with Gasteiger partial charge in [0, 0.05) is 12.0 Å². The molecule has 1 atom stereocenters. The summed E-state index contributed by atoms with van der Waals surface area (Å²) in [4.78, 5) is 32.5. The van der Waals surface area contributed by atoms with Crippen molar-refractivity contribution in [2.45, 2.75) is 32.7 Å². The molecule has 0 saturated carbocycles. The Kier molecular flexibility index (Phi) is 4.26. The van der Waals surface area contributed by atoms with Gasteiger partial charge in [-0.25, -0.2) is 0 Å². The molecule has 0 spiro atoms. The van der Waals surface area contributed by atoms with Gasteiger partial charge in [-0.05, 0) is 20.8 Å². The van der Waals surface area contributed by atoms with Gasteiger partial charge in [0.25, 0.3) is 0 Å². The zero-order valence-corrected chi connectivity index (χ0v) is 9.03. The van der Waals surface area contributed by atoms with Crippen LogP contribution in [0.25, 0.3) is 0 Å². The second-order valence-corrected chi connectivity index (χ2v) is 4.08. The topological polar surface area (TPSA) is 109 Å². The van der Waals surface area contributed by atoms with Crippen LogP contribution in [0.2, 0.25) is 0 Å². The van der Waals surface area contributed by atoms with Crippen molar-refractivity contribution in [1.82, 2.24) is 5.32 Å². The molecule has 0 aromatic heterocycles. The number of carbonyl (C=O) groups is 3. The number of rotatable bonds is 5. The highest BCUT2D eigenvalue weighted by molar-refractivity contribution is 5.96. The average molecular weight is 216 g/mol. The number of carbonyl (C=O) groups excluding carboxylic acids is 2. The number of carboxylic acids is 1. The number of amides is 2. The Labute approximate surface area is 87.8 Å². The predicted molar refractivity (Wildman–Crippen MR) is 52.8 cm³/mol. The van der Waals surface area contributed by atoms with Crippen molar-refractivity contribution in [3.8, 4) is 0 Å². The highest BCUT2D eigenvalue weighted by atomic mass is 16.4. The van der Waals surface area contributed by atoms with Gasteiger partial charge >= 0.3 is 5.97 Å². The van der Waals surface area contributed by atoms with E-state index < -0.39 is 29.2 Å². The normalized spacial score (nSPS) is 13.0. The van der Waals surface area contributed by atoms with E-state index in [4.69, 9.17) is 10.8 Å². The molecule has 0 radical (unpaired) electrons. The second-order valence-electron chi connectivity index (χ2n) is 4.08. The summed E-state index contributed by atoms with van der Waals surface area (Å²) >= 11 is 0. The van der Waals surface area contributed by atoms with Crippen LogP contribution in [0.4, 0.5) is 0 Å². The molecule has 0 saturated heterocycles. The van der Waals surface area contributed by atoms with Crippen LogP contribution in [0.3, 0.4) is 0 Å². The van der Waals surface area contributed by atoms with E-state index in [0.29, 0.717) is 0 Å². The van der Waals surface area contributed by atoms with Gasteiger partial charge in [0.15, 0.2) is 0 Å². The largest absolute Gasteiger partial charge is 0.481 e. The molecule has 15 heavy (non-hydrogen) atoms. The molecule has 4 N–H and O–H groups in total. The van der Waals surface area contributed by atoms with E-state index in [-0.39, 0.29) is 6.42 Å². The zero-order chi connectivity index (χ0) is 12.2. The van der Waals surface area contributed by atoms with Crippen LogP contribution in [0.15, 0.2) is 0 Å². The third-order valence-corrected chi connectivity index (χ3v) is 1.84. The first-order chi connectivity index (χ1) is 6.65. The number of aliphatic carboxylic acids is 1. The van der Waals surface area contributed by atoms with E-state index in [1.54, 1.807) is 13.8 Å². The first-order valence-corrected chi connectivity index (χ1v) is 4.49. The molecule has 6 nitrogen and oxygen atoms in total. The van der Waals surface area contributed by atoms with Crippen LogP contribution in [0, 0.1) is 5.92 Å². The quantitative estimate of drug-likeness (QED) is 0.537. The van der Waals surface area contributed by atoms with Gasteiger partial charge in [-0.15, -0.1) is 0 Å². The number of hydrogen-bond acceptors (Lipinski definition) is 3. The van der Waals surface area contributed by atoms with Gasteiger partial charge in [-0.2, -0.15) is 0 Å². The minimum atomic E-state index is -1.21. The van der Waals surface area contributed by atoms with Gasteiger partial charge in [0.1, 0.15) is 5.92 Å². The Balaban J connectivity index is 4.39. The lowest BCUT2D eigenvalue weighted by atomic mass is 9.99. The number of nitrogens with two attached hydrogens (primary N) is 1. The maximum Gasteiger partial charge on any atom is 0.315 e. The van der Waals surface area contributed by atoms with E-state index in [1.807, 2.05) is 0 Å². The SMILES string of the molecule is CC(C(=O)O)C(=O)NC(C)(C)CC(N)=O. The summed E-state index contributed by atoms with van der Waals surface area (Å²) in [5, 5.41) is 11.0. The van der Waals surface area contributed by atoms with Gasteiger partial charge < -0.3 is 16.2 Å². The number of hydrogen-bond donors (Lipinski definition) is 3. The number of carboxylic acid groups (broad SMARTS) is 1. The Bertz CT molecular complexity index is 286. The molecular formula is C9H16N2O4. The summed E-state index contributed by atoms with van der Waals surface area (Å²) in [6.07, 6.45) is -0.0366. The predicted octanol–water partition coefficient (Wildman–Crippen LogP) is -0.523. The Hall–Kier alpha value is -1.59. The van der Waals surface area contributed by atoms with Crippen molar-refractivity contribution in [2.75, 3.05) is 0 Å². The van der Waals surface area contributed by atoms with Crippen LogP contribution < -0.4 is 11.1 Å². The molecule has 0 aliphatic carbocycles. The molecule has 1 unspecified atom stereocenters. The zero-order valence-electron chi connectivity index (χ0n) is 9.03. The maximum absolute atomic E-state index is 11.3. The molecule has 0 aromatic rings. The van der Waals surface area contributed by atoms with Gasteiger partial charge in [0.05, 0.1) is 0 Å². The van der Waals surface area contributed by atoms with E-state index >= 15 is 0 Å². The van der Waals surface area contributed by atoms with E-state index in [2.05, 4.69) is 5.32 Å². The standard InChI is InChI=1S/C9H16N2O4/c1-5(8(14)15)7(13)11-9(2,3)4-6(10)12/h5H,4H2,1-3H3,(H2,10,12)(H,11,13)(H,14,15). The molecule has 0 bridgehead atoms. The maximum atomic E-state index is 11.3. The minimum Gasteiger partial charge on any atom is -0.481 e. The summed E-state index contributed by atoms with van der Waals surface area (Å²) in [5.74, 6) is -3.53. The fraction of sp³-hybridized carbons (Fsp3) is 0.667. The monoisotopic (exact) mass is 216 g/mol. The van der Waals surface area contributed by atoms with Crippen molar-refractivity contribution >= 4 is 17.8 Å². The third-order valence-electron chi connectivity index (χ3n) is 1.84. The summed E-state index contributed by atoms with van der Waals surface area (Å²) in [7, 11) is 0. The van der Waals surface area contributed by atoms with Crippen LogP contribution in [-0.4, -0.2) is 28.4 Å². The molecule has 0 rings (SSSR count). The fourth-order valence-corrected chi connectivity index (χ4v) is 1.03. The second kappa shape index (κ2) is 4.77. The Morgan fingerprint density at radius 3 is 2.20 bits per heavy atom. The molecule has 86 valence electrons. The highest BCUT2D eigenvalue weighted by Gasteiger charge is 2.28. The average Bonchev–Trinajstić information content (AvgIpc) is 1.98.